The SMILES string of the molecule is CCOC(=O)c1ccc(N2C(=O)C(=O)C(C(=O)C(C)C)C2c2ccccc2OC)cc1. The van der Waals surface area contributed by atoms with Crippen molar-refractivity contribution in [2.75, 3.05) is 18.6 Å². The zero-order valence-corrected chi connectivity index (χ0v) is 18.0. The van der Waals surface area contributed by atoms with Crippen molar-refractivity contribution in [2.24, 2.45) is 11.8 Å². The summed E-state index contributed by atoms with van der Waals surface area (Å²) in [5.41, 5.74) is 1.30. The topological polar surface area (TPSA) is 90.0 Å². The van der Waals surface area contributed by atoms with Gasteiger partial charge in [0.05, 0.1) is 25.3 Å². The molecule has 0 N–H and O–H groups in total. The van der Waals surface area contributed by atoms with E-state index in [1.165, 1.54) is 24.1 Å². The third-order valence-corrected chi connectivity index (χ3v) is 5.30. The van der Waals surface area contributed by atoms with Crippen LogP contribution in [0.3, 0.4) is 0 Å². The molecular formula is C24H25NO6. The van der Waals surface area contributed by atoms with Crippen LogP contribution < -0.4 is 9.64 Å². The van der Waals surface area contributed by atoms with E-state index in [9.17, 15) is 19.2 Å². The van der Waals surface area contributed by atoms with Gasteiger partial charge in [0.15, 0.2) is 0 Å². The normalized spacial score (nSPS) is 18.4. The van der Waals surface area contributed by atoms with E-state index in [4.69, 9.17) is 9.47 Å². The first-order chi connectivity index (χ1) is 14.8. The molecule has 1 saturated heterocycles. The zero-order valence-electron chi connectivity index (χ0n) is 18.0. The standard InChI is InChI=1S/C24H25NO6/c1-5-31-24(29)15-10-12-16(13-11-15)25-20(17-8-6-7-9-18(17)30-4)19(21(26)14(2)3)22(27)23(25)28/h6-14,19-20H,5H2,1-4H3. The number of rotatable bonds is 7. The molecule has 1 aliphatic heterocycles. The Morgan fingerprint density at radius 1 is 1.03 bits per heavy atom. The van der Waals surface area contributed by atoms with Crippen LogP contribution >= 0.6 is 0 Å². The molecule has 3 rings (SSSR count). The summed E-state index contributed by atoms with van der Waals surface area (Å²) < 4.78 is 10.4. The molecule has 1 amide bonds. The maximum Gasteiger partial charge on any atom is 0.338 e. The maximum atomic E-state index is 13.0. The van der Waals surface area contributed by atoms with Crippen molar-refractivity contribution in [1.82, 2.24) is 0 Å². The van der Waals surface area contributed by atoms with Gasteiger partial charge in [-0.15, -0.1) is 0 Å². The van der Waals surface area contributed by atoms with Gasteiger partial charge in [-0.25, -0.2) is 4.79 Å². The highest BCUT2D eigenvalue weighted by Crippen LogP contribution is 2.44. The summed E-state index contributed by atoms with van der Waals surface area (Å²) in [5, 5.41) is 0. The van der Waals surface area contributed by atoms with Gasteiger partial charge in [-0.2, -0.15) is 0 Å². The molecule has 2 unspecified atom stereocenters. The molecular weight excluding hydrogens is 398 g/mol. The molecule has 1 heterocycles. The Bertz CT molecular complexity index is 1010. The Hall–Kier alpha value is -3.48. The number of carbonyl (C=O) groups is 4. The summed E-state index contributed by atoms with van der Waals surface area (Å²) in [6, 6.07) is 12.4. The number of hydrogen-bond acceptors (Lipinski definition) is 6. The van der Waals surface area contributed by atoms with Crippen molar-refractivity contribution in [1.29, 1.82) is 0 Å². The molecule has 2 atom stereocenters. The minimum Gasteiger partial charge on any atom is -0.496 e. The van der Waals surface area contributed by atoms with Crippen molar-refractivity contribution in [3.8, 4) is 5.75 Å². The lowest BCUT2D eigenvalue weighted by Gasteiger charge is -2.29. The van der Waals surface area contributed by atoms with E-state index < -0.39 is 35.5 Å². The number of hydrogen-bond donors (Lipinski definition) is 0. The number of ether oxygens (including phenoxy) is 2. The van der Waals surface area contributed by atoms with Gasteiger partial charge in [-0.05, 0) is 37.3 Å². The van der Waals surface area contributed by atoms with Crippen molar-refractivity contribution >= 4 is 29.1 Å². The molecule has 2 aromatic rings. The molecule has 7 nitrogen and oxygen atoms in total. The van der Waals surface area contributed by atoms with Crippen LogP contribution in [0.5, 0.6) is 5.75 Å². The van der Waals surface area contributed by atoms with Gasteiger partial charge in [0, 0.05) is 17.2 Å². The van der Waals surface area contributed by atoms with Crippen LogP contribution in [0, 0.1) is 11.8 Å². The highest BCUT2D eigenvalue weighted by molar-refractivity contribution is 6.48. The number of carbonyl (C=O) groups excluding carboxylic acids is 4. The summed E-state index contributed by atoms with van der Waals surface area (Å²) in [4.78, 5) is 52.2. The minimum atomic E-state index is -1.14. The molecule has 31 heavy (non-hydrogen) atoms. The number of methoxy groups -OCH3 is 1. The van der Waals surface area contributed by atoms with Crippen LogP contribution in [0.15, 0.2) is 48.5 Å². The Kier molecular flexibility index (Phi) is 6.53. The van der Waals surface area contributed by atoms with Crippen molar-refractivity contribution < 1.29 is 28.7 Å². The summed E-state index contributed by atoms with van der Waals surface area (Å²) in [6.45, 7) is 5.37. The second-order valence-corrected chi connectivity index (χ2v) is 7.53. The smallest absolute Gasteiger partial charge is 0.338 e. The van der Waals surface area contributed by atoms with Crippen LogP contribution in [0.4, 0.5) is 5.69 Å². The molecule has 7 heteroatoms. The van der Waals surface area contributed by atoms with Gasteiger partial charge in [-0.3, -0.25) is 19.3 Å². The van der Waals surface area contributed by atoms with Crippen LogP contribution in [0.25, 0.3) is 0 Å². The lowest BCUT2D eigenvalue weighted by Crippen LogP contribution is -2.32. The molecule has 0 aromatic heterocycles. The summed E-state index contributed by atoms with van der Waals surface area (Å²) in [6.07, 6.45) is 0. The number of para-hydroxylation sites is 1. The maximum absolute atomic E-state index is 13.0. The number of anilines is 1. The first-order valence-electron chi connectivity index (χ1n) is 10.1. The quantitative estimate of drug-likeness (QED) is 0.385. The second-order valence-electron chi connectivity index (χ2n) is 7.53. The second kappa shape index (κ2) is 9.12. The number of amides is 1. The molecule has 162 valence electrons. The minimum absolute atomic E-state index is 0.245. The number of esters is 1. The van der Waals surface area contributed by atoms with Crippen molar-refractivity contribution in [3.63, 3.8) is 0 Å². The third-order valence-electron chi connectivity index (χ3n) is 5.30. The Labute approximate surface area is 180 Å². The fourth-order valence-electron chi connectivity index (χ4n) is 3.79. The van der Waals surface area contributed by atoms with E-state index in [1.807, 2.05) is 0 Å². The monoisotopic (exact) mass is 423 g/mol. The largest absolute Gasteiger partial charge is 0.496 e. The van der Waals surface area contributed by atoms with Gasteiger partial charge >= 0.3 is 5.97 Å². The fourth-order valence-corrected chi connectivity index (χ4v) is 3.79. The number of nitrogens with zero attached hydrogens (tertiary/aromatic N) is 1. The Balaban J connectivity index is 2.12. The number of benzene rings is 2. The van der Waals surface area contributed by atoms with Gasteiger partial charge < -0.3 is 9.47 Å². The molecule has 2 aromatic carbocycles. The van der Waals surface area contributed by atoms with Crippen LogP contribution in [0.2, 0.25) is 0 Å². The highest BCUT2D eigenvalue weighted by Gasteiger charge is 2.53. The van der Waals surface area contributed by atoms with E-state index in [0.717, 1.165) is 0 Å². The third kappa shape index (κ3) is 4.08. The fraction of sp³-hybridized carbons (Fsp3) is 0.333. The molecule has 0 radical (unpaired) electrons. The lowest BCUT2D eigenvalue weighted by atomic mass is 9.84. The average molecular weight is 423 g/mol. The Morgan fingerprint density at radius 3 is 2.26 bits per heavy atom. The van der Waals surface area contributed by atoms with Gasteiger partial charge in [0.2, 0.25) is 5.78 Å². The van der Waals surface area contributed by atoms with Crippen LogP contribution in [0.1, 0.15) is 42.7 Å². The van der Waals surface area contributed by atoms with Gasteiger partial charge in [-0.1, -0.05) is 32.0 Å². The van der Waals surface area contributed by atoms with E-state index in [2.05, 4.69) is 0 Å². The van der Waals surface area contributed by atoms with Crippen LogP contribution in [-0.4, -0.2) is 37.2 Å². The van der Waals surface area contributed by atoms with Crippen molar-refractivity contribution in [2.45, 2.75) is 26.8 Å². The van der Waals surface area contributed by atoms with E-state index in [0.29, 0.717) is 22.6 Å². The Morgan fingerprint density at radius 2 is 1.68 bits per heavy atom. The predicted molar refractivity (Wildman–Crippen MR) is 114 cm³/mol. The van der Waals surface area contributed by atoms with Gasteiger partial charge in [0.25, 0.3) is 5.91 Å². The van der Waals surface area contributed by atoms with E-state index in [1.54, 1.807) is 57.2 Å². The summed E-state index contributed by atoms with van der Waals surface area (Å²) in [5.74, 6) is -3.39. The van der Waals surface area contributed by atoms with Crippen molar-refractivity contribution in [3.05, 3.63) is 59.7 Å². The highest BCUT2D eigenvalue weighted by atomic mass is 16.5. The van der Waals surface area contributed by atoms with Gasteiger partial charge in [0.1, 0.15) is 17.5 Å². The first-order valence-corrected chi connectivity index (χ1v) is 10.1. The molecule has 1 aliphatic rings. The van der Waals surface area contributed by atoms with Crippen LogP contribution in [-0.2, 0) is 19.1 Å². The molecule has 0 saturated carbocycles. The first kappa shape index (κ1) is 22.2. The molecule has 1 fully saturated rings. The van der Waals surface area contributed by atoms with E-state index >= 15 is 0 Å². The summed E-state index contributed by atoms with van der Waals surface area (Å²) >= 11 is 0. The summed E-state index contributed by atoms with van der Waals surface area (Å²) in [7, 11) is 1.50. The molecule has 0 bridgehead atoms. The number of ketones is 2. The lowest BCUT2D eigenvalue weighted by molar-refractivity contribution is -0.139. The molecule has 0 spiro atoms. The molecule has 0 aliphatic carbocycles. The predicted octanol–water partition coefficient (Wildman–Crippen LogP) is 3.37. The zero-order chi connectivity index (χ0) is 22.7. The average Bonchev–Trinajstić information content (AvgIpc) is 3.03. The number of Topliss-reactive ketones (excluding diaryl/α,β-unsaturated/α-hetero) is 2. The van der Waals surface area contributed by atoms with E-state index in [-0.39, 0.29) is 12.4 Å².